The molecule has 0 radical (unpaired) electrons. The standard InChI is InChI=1S/C20H23F3N2O3S/c1-27-18(26)8-9-25(12-17-3-2-10-28-17)11-16-13-29-19(24-16)14-4-6-15(7-5-14)20(21,22)23/h4-7,13,17H,2-3,8-12H2,1H3. The molecule has 0 spiro atoms. The number of carbonyl (C=O) groups is 1. The van der Waals surface area contributed by atoms with Gasteiger partial charge in [0.1, 0.15) is 5.01 Å². The third-order valence-electron chi connectivity index (χ3n) is 4.74. The first-order valence-electron chi connectivity index (χ1n) is 9.38. The number of methoxy groups -OCH3 is 1. The second kappa shape index (κ2) is 9.69. The molecule has 5 nitrogen and oxygen atoms in total. The predicted octanol–water partition coefficient (Wildman–Crippen LogP) is 4.37. The minimum Gasteiger partial charge on any atom is -0.469 e. The van der Waals surface area contributed by atoms with Crippen molar-refractivity contribution in [3.63, 3.8) is 0 Å². The van der Waals surface area contributed by atoms with Crippen LogP contribution in [-0.4, -0.2) is 48.8 Å². The van der Waals surface area contributed by atoms with E-state index in [1.54, 1.807) is 0 Å². The summed E-state index contributed by atoms with van der Waals surface area (Å²) in [5.41, 5.74) is 0.783. The van der Waals surface area contributed by atoms with Gasteiger partial charge in [0.2, 0.25) is 0 Å². The number of carbonyl (C=O) groups excluding carboxylic acids is 1. The quantitative estimate of drug-likeness (QED) is 0.585. The second-order valence-corrected chi connectivity index (χ2v) is 7.77. The highest BCUT2D eigenvalue weighted by Crippen LogP contribution is 2.32. The van der Waals surface area contributed by atoms with Gasteiger partial charge in [0.05, 0.1) is 30.9 Å². The first-order chi connectivity index (χ1) is 13.8. The summed E-state index contributed by atoms with van der Waals surface area (Å²) in [5.74, 6) is -0.272. The Hall–Kier alpha value is -1.97. The summed E-state index contributed by atoms with van der Waals surface area (Å²) < 4.78 is 48.6. The molecule has 0 N–H and O–H groups in total. The average molecular weight is 428 g/mol. The third kappa shape index (κ3) is 6.25. The second-order valence-electron chi connectivity index (χ2n) is 6.92. The van der Waals surface area contributed by atoms with Gasteiger partial charge in [-0.3, -0.25) is 9.69 Å². The molecule has 2 heterocycles. The van der Waals surface area contributed by atoms with Crippen LogP contribution in [0.3, 0.4) is 0 Å². The maximum absolute atomic E-state index is 12.7. The highest BCUT2D eigenvalue weighted by atomic mass is 32.1. The summed E-state index contributed by atoms with van der Waals surface area (Å²) in [6, 6.07) is 5.01. The van der Waals surface area contributed by atoms with Crippen molar-refractivity contribution < 1.29 is 27.4 Å². The lowest BCUT2D eigenvalue weighted by atomic mass is 10.1. The van der Waals surface area contributed by atoms with Gasteiger partial charge in [0.25, 0.3) is 0 Å². The van der Waals surface area contributed by atoms with Gasteiger partial charge in [-0.2, -0.15) is 13.2 Å². The first-order valence-corrected chi connectivity index (χ1v) is 10.3. The van der Waals surface area contributed by atoms with Gasteiger partial charge >= 0.3 is 12.1 Å². The van der Waals surface area contributed by atoms with E-state index >= 15 is 0 Å². The smallest absolute Gasteiger partial charge is 0.416 e. The average Bonchev–Trinajstić information content (AvgIpc) is 3.37. The number of nitrogens with zero attached hydrogens (tertiary/aromatic N) is 2. The number of benzene rings is 1. The summed E-state index contributed by atoms with van der Waals surface area (Å²) in [6.07, 6.45) is -1.92. The molecule has 1 aliphatic rings. The molecule has 1 aliphatic heterocycles. The lowest BCUT2D eigenvalue weighted by molar-refractivity contribution is -0.141. The van der Waals surface area contributed by atoms with Crippen LogP contribution in [0.2, 0.25) is 0 Å². The molecule has 1 saturated heterocycles. The Morgan fingerprint density at radius 2 is 2.10 bits per heavy atom. The lowest BCUT2D eigenvalue weighted by Gasteiger charge is -2.24. The number of esters is 1. The van der Waals surface area contributed by atoms with E-state index in [1.807, 2.05) is 5.38 Å². The summed E-state index contributed by atoms with van der Waals surface area (Å²) in [4.78, 5) is 18.2. The van der Waals surface area contributed by atoms with Gasteiger partial charge in [-0.25, -0.2) is 4.98 Å². The van der Waals surface area contributed by atoms with Crippen LogP contribution in [-0.2, 0) is 27.0 Å². The van der Waals surface area contributed by atoms with Crippen molar-refractivity contribution in [2.45, 2.75) is 38.1 Å². The van der Waals surface area contributed by atoms with Gasteiger partial charge in [0.15, 0.2) is 0 Å². The van der Waals surface area contributed by atoms with Crippen molar-refractivity contribution in [2.24, 2.45) is 0 Å². The third-order valence-corrected chi connectivity index (χ3v) is 5.68. The monoisotopic (exact) mass is 428 g/mol. The van der Waals surface area contributed by atoms with Crippen LogP contribution in [0.25, 0.3) is 10.6 Å². The molecular formula is C20H23F3N2O3S. The van der Waals surface area contributed by atoms with Gasteiger partial charge < -0.3 is 9.47 Å². The molecule has 0 saturated carbocycles. The lowest BCUT2D eigenvalue weighted by Crippen LogP contribution is -2.33. The molecule has 0 bridgehead atoms. The Labute approximate surface area is 171 Å². The number of alkyl halides is 3. The molecule has 29 heavy (non-hydrogen) atoms. The van der Waals surface area contributed by atoms with Crippen molar-refractivity contribution in [3.05, 3.63) is 40.9 Å². The predicted molar refractivity (Wildman–Crippen MR) is 103 cm³/mol. The topological polar surface area (TPSA) is 51.7 Å². The minimum absolute atomic E-state index is 0.140. The summed E-state index contributed by atoms with van der Waals surface area (Å²) in [7, 11) is 1.36. The largest absolute Gasteiger partial charge is 0.469 e. The fraction of sp³-hybridized carbons (Fsp3) is 0.500. The van der Waals surface area contributed by atoms with Crippen LogP contribution in [0.5, 0.6) is 0 Å². The molecule has 2 aromatic rings. The maximum atomic E-state index is 12.7. The Kier molecular flexibility index (Phi) is 7.26. The van der Waals surface area contributed by atoms with Crippen molar-refractivity contribution in [2.75, 3.05) is 26.8 Å². The van der Waals surface area contributed by atoms with E-state index in [1.165, 1.54) is 30.6 Å². The molecule has 9 heteroatoms. The van der Waals surface area contributed by atoms with Crippen LogP contribution in [0, 0.1) is 0 Å². The van der Waals surface area contributed by atoms with Crippen LogP contribution in [0.15, 0.2) is 29.6 Å². The van der Waals surface area contributed by atoms with Crippen molar-refractivity contribution >= 4 is 17.3 Å². The van der Waals surface area contributed by atoms with Gasteiger partial charge in [0, 0.05) is 37.2 Å². The summed E-state index contributed by atoms with van der Waals surface area (Å²) >= 11 is 1.39. The molecule has 0 aliphatic carbocycles. The van der Waals surface area contributed by atoms with Crippen molar-refractivity contribution in [1.29, 1.82) is 0 Å². The number of aromatic nitrogens is 1. The van der Waals surface area contributed by atoms with E-state index in [4.69, 9.17) is 9.47 Å². The maximum Gasteiger partial charge on any atom is 0.416 e. The highest BCUT2D eigenvalue weighted by molar-refractivity contribution is 7.13. The molecular weight excluding hydrogens is 405 g/mol. The number of hydrogen-bond donors (Lipinski definition) is 0. The molecule has 3 rings (SSSR count). The number of ether oxygens (including phenoxy) is 2. The Balaban J connectivity index is 1.66. The van der Waals surface area contributed by atoms with E-state index in [9.17, 15) is 18.0 Å². The van der Waals surface area contributed by atoms with E-state index in [-0.39, 0.29) is 18.5 Å². The Bertz CT molecular complexity index is 802. The molecule has 1 fully saturated rings. The number of thiazole rings is 1. The Morgan fingerprint density at radius 1 is 1.34 bits per heavy atom. The fourth-order valence-electron chi connectivity index (χ4n) is 3.21. The zero-order valence-electron chi connectivity index (χ0n) is 16.1. The molecule has 1 aromatic heterocycles. The van der Waals surface area contributed by atoms with Gasteiger partial charge in [-0.15, -0.1) is 11.3 Å². The molecule has 1 atom stereocenters. The minimum atomic E-state index is -4.35. The molecule has 1 unspecified atom stereocenters. The number of rotatable bonds is 8. The van der Waals surface area contributed by atoms with Gasteiger partial charge in [-0.05, 0) is 25.0 Å². The van der Waals surface area contributed by atoms with E-state index < -0.39 is 11.7 Å². The fourth-order valence-corrected chi connectivity index (χ4v) is 4.02. The van der Waals surface area contributed by atoms with Crippen LogP contribution in [0.1, 0.15) is 30.5 Å². The van der Waals surface area contributed by atoms with E-state index in [0.29, 0.717) is 30.2 Å². The zero-order valence-corrected chi connectivity index (χ0v) is 16.9. The van der Waals surface area contributed by atoms with Gasteiger partial charge in [-0.1, -0.05) is 12.1 Å². The summed E-state index contributed by atoms with van der Waals surface area (Å²) in [5, 5.41) is 2.56. The molecule has 0 amide bonds. The van der Waals surface area contributed by atoms with Crippen LogP contribution < -0.4 is 0 Å². The summed E-state index contributed by atoms with van der Waals surface area (Å²) in [6.45, 7) is 2.52. The number of halogens is 3. The first kappa shape index (κ1) is 21.7. The van der Waals surface area contributed by atoms with Crippen LogP contribution >= 0.6 is 11.3 Å². The SMILES string of the molecule is COC(=O)CCN(Cc1csc(-c2ccc(C(F)(F)F)cc2)n1)CC1CCCO1. The highest BCUT2D eigenvalue weighted by Gasteiger charge is 2.30. The van der Waals surface area contributed by atoms with E-state index in [2.05, 4.69) is 9.88 Å². The van der Waals surface area contributed by atoms with Crippen molar-refractivity contribution in [3.8, 4) is 10.6 Å². The zero-order chi connectivity index (χ0) is 20.9. The normalized spacial score (nSPS) is 17.1. The van der Waals surface area contributed by atoms with E-state index in [0.717, 1.165) is 37.3 Å². The molecule has 1 aromatic carbocycles. The number of hydrogen-bond acceptors (Lipinski definition) is 6. The molecule has 158 valence electrons. The Morgan fingerprint density at radius 3 is 2.72 bits per heavy atom. The van der Waals surface area contributed by atoms with Crippen molar-refractivity contribution in [1.82, 2.24) is 9.88 Å². The van der Waals surface area contributed by atoms with Crippen LogP contribution in [0.4, 0.5) is 13.2 Å².